The normalized spacial score (nSPS) is 10.7. The molecule has 2 heterocycles. The molecule has 0 radical (unpaired) electrons. The molecule has 4 rings (SSSR count). The van der Waals surface area contributed by atoms with Gasteiger partial charge in [0.05, 0.1) is 29.4 Å². The number of esters is 1. The zero-order chi connectivity index (χ0) is 22.8. The maximum atomic E-state index is 13.2. The Balaban J connectivity index is 1.81. The third-order valence-corrected chi connectivity index (χ3v) is 5.19. The molecule has 7 nitrogen and oxygen atoms in total. The topological polar surface area (TPSA) is 101 Å². The van der Waals surface area contributed by atoms with Gasteiger partial charge in [-0.25, -0.2) is 9.78 Å². The number of H-pyrrole nitrogens is 1. The summed E-state index contributed by atoms with van der Waals surface area (Å²) < 4.78 is 4.68. The third kappa shape index (κ3) is 4.00. The molecule has 7 heteroatoms. The van der Waals surface area contributed by atoms with Crippen molar-refractivity contribution in [1.29, 1.82) is 0 Å². The first-order valence-corrected chi connectivity index (χ1v) is 9.97. The van der Waals surface area contributed by atoms with E-state index < -0.39 is 17.4 Å². The van der Waals surface area contributed by atoms with Crippen molar-refractivity contribution >= 4 is 28.5 Å². The highest BCUT2D eigenvalue weighted by Gasteiger charge is 2.17. The van der Waals surface area contributed by atoms with Gasteiger partial charge < -0.3 is 15.0 Å². The van der Waals surface area contributed by atoms with Gasteiger partial charge in [-0.15, -0.1) is 0 Å². The van der Waals surface area contributed by atoms with Crippen molar-refractivity contribution in [3.8, 4) is 11.3 Å². The van der Waals surface area contributed by atoms with Crippen LogP contribution in [0.15, 0.2) is 65.6 Å². The van der Waals surface area contributed by atoms with Gasteiger partial charge in [0.25, 0.3) is 11.5 Å². The number of methoxy groups -OCH3 is 1. The first-order valence-electron chi connectivity index (χ1n) is 9.97. The summed E-state index contributed by atoms with van der Waals surface area (Å²) in [5.74, 6) is -1.11. The van der Waals surface area contributed by atoms with E-state index in [1.165, 1.54) is 19.4 Å². The van der Waals surface area contributed by atoms with Crippen LogP contribution in [0.25, 0.3) is 22.2 Å². The highest BCUT2D eigenvalue weighted by Crippen LogP contribution is 2.28. The monoisotopic (exact) mass is 427 g/mol. The molecule has 0 aliphatic carbocycles. The Morgan fingerprint density at radius 3 is 2.56 bits per heavy atom. The number of carbonyl (C=O) groups excluding carboxylic acids is 2. The number of nitrogens with zero attached hydrogens (tertiary/aromatic N) is 1. The fourth-order valence-electron chi connectivity index (χ4n) is 3.60. The number of carbonyl (C=O) groups is 2. The average molecular weight is 427 g/mol. The molecule has 1 amide bonds. The number of para-hydroxylation sites is 1. The fourth-order valence-corrected chi connectivity index (χ4v) is 3.60. The van der Waals surface area contributed by atoms with Crippen LogP contribution < -0.4 is 10.9 Å². The zero-order valence-corrected chi connectivity index (χ0v) is 17.9. The number of hydrogen-bond acceptors (Lipinski definition) is 5. The van der Waals surface area contributed by atoms with Crippen molar-refractivity contribution in [2.45, 2.75) is 13.8 Å². The highest BCUT2D eigenvalue weighted by atomic mass is 16.5. The summed E-state index contributed by atoms with van der Waals surface area (Å²) >= 11 is 0. The quantitative estimate of drug-likeness (QED) is 0.474. The number of aromatic nitrogens is 2. The van der Waals surface area contributed by atoms with Crippen molar-refractivity contribution in [2.75, 3.05) is 12.4 Å². The van der Waals surface area contributed by atoms with E-state index in [1.54, 1.807) is 12.1 Å². The van der Waals surface area contributed by atoms with Gasteiger partial charge in [0.2, 0.25) is 0 Å². The maximum Gasteiger partial charge on any atom is 0.339 e. The van der Waals surface area contributed by atoms with Crippen LogP contribution in [0.1, 0.15) is 31.8 Å². The maximum absolute atomic E-state index is 13.2. The summed E-state index contributed by atoms with van der Waals surface area (Å²) in [6.07, 6.45) is 1.24. The Hall–Kier alpha value is -4.26. The van der Waals surface area contributed by atoms with Gasteiger partial charge in [-0.1, -0.05) is 42.0 Å². The number of benzene rings is 2. The lowest BCUT2D eigenvalue weighted by Crippen LogP contribution is -2.21. The SMILES string of the molecule is COC(=O)c1c[nH]c(=O)c(NC(=O)c2cc(-c3ccc(C)cc3C)nc3ccccc23)c1. The van der Waals surface area contributed by atoms with Crippen molar-refractivity contribution in [3.05, 3.63) is 93.4 Å². The number of ether oxygens (including phenoxy) is 1. The molecule has 2 N–H and O–H groups in total. The Labute approximate surface area is 184 Å². The molecule has 4 aromatic rings. The second kappa shape index (κ2) is 8.47. The first kappa shape index (κ1) is 21.0. The van der Waals surface area contributed by atoms with Crippen LogP contribution in [0.5, 0.6) is 0 Å². The molecule has 0 saturated heterocycles. The summed E-state index contributed by atoms with van der Waals surface area (Å²) in [4.78, 5) is 44.5. The van der Waals surface area contributed by atoms with E-state index in [0.29, 0.717) is 22.2 Å². The van der Waals surface area contributed by atoms with Gasteiger partial charge in [-0.05, 0) is 37.6 Å². The molecule has 2 aromatic carbocycles. The largest absolute Gasteiger partial charge is 0.465 e. The minimum atomic E-state index is -0.622. The predicted octanol–water partition coefficient (Wildman–Crippen LogP) is 4.25. The zero-order valence-electron chi connectivity index (χ0n) is 17.9. The molecule has 0 unspecified atom stereocenters. The first-order chi connectivity index (χ1) is 15.4. The van der Waals surface area contributed by atoms with Gasteiger partial charge in [-0.3, -0.25) is 9.59 Å². The van der Waals surface area contributed by atoms with Gasteiger partial charge in [0, 0.05) is 17.1 Å². The molecule has 160 valence electrons. The summed E-state index contributed by atoms with van der Waals surface area (Å²) in [5, 5.41) is 3.27. The summed E-state index contributed by atoms with van der Waals surface area (Å²) in [6.45, 7) is 4.01. The number of anilines is 1. The standard InChI is InChI=1S/C25H21N3O4/c1-14-8-9-17(15(2)10-14)21-12-19(18-6-4-5-7-20(18)27-21)23(29)28-22-11-16(25(31)32-3)13-26-24(22)30/h4-13H,1-3H3,(H,26,30)(H,28,29). The third-order valence-electron chi connectivity index (χ3n) is 5.19. The van der Waals surface area contributed by atoms with Crippen LogP contribution in [0, 0.1) is 13.8 Å². The van der Waals surface area contributed by atoms with Crippen LogP contribution in [-0.4, -0.2) is 29.0 Å². The minimum Gasteiger partial charge on any atom is -0.465 e. The number of amides is 1. The number of nitrogens with one attached hydrogen (secondary N) is 2. The number of aryl methyl sites for hydroxylation is 2. The molecular weight excluding hydrogens is 406 g/mol. The number of pyridine rings is 2. The minimum absolute atomic E-state index is 0.0492. The lowest BCUT2D eigenvalue weighted by molar-refractivity contribution is 0.0600. The number of rotatable bonds is 4. The Bertz CT molecular complexity index is 1420. The van der Waals surface area contributed by atoms with E-state index in [-0.39, 0.29) is 11.3 Å². The Morgan fingerprint density at radius 1 is 1.03 bits per heavy atom. The second-order valence-corrected chi connectivity index (χ2v) is 7.47. The van der Waals surface area contributed by atoms with Crippen LogP contribution in [0.2, 0.25) is 0 Å². The fraction of sp³-hybridized carbons (Fsp3) is 0.120. The van der Waals surface area contributed by atoms with Crippen molar-refractivity contribution in [1.82, 2.24) is 9.97 Å². The van der Waals surface area contributed by atoms with Crippen LogP contribution in [-0.2, 0) is 4.74 Å². The lowest BCUT2D eigenvalue weighted by atomic mass is 9.99. The molecule has 0 saturated carbocycles. The van der Waals surface area contributed by atoms with Crippen LogP contribution in [0.4, 0.5) is 5.69 Å². The number of fused-ring (bicyclic) bond motifs is 1. The van der Waals surface area contributed by atoms with Gasteiger partial charge in [0.1, 0.15) is 5.69 Å². The number of aromatic amines is 1. The van der Waals surface area contributed by atoms with Crippen molar-refractivity contribution in [3.63, 3.8) is 0 Å². The van der Waals surface area contributed by atoms with E-state index in [2.05, 4.69) is 21.1 Å². The molecule has 0 spiro atoms. The van der Waals surface area contributed by atoms with Crippen LogP contribution >= 0.6 is 0 Å². The predicted molar refractivity (Wildman–Crippen MR) is 123 cm³/mol. The van der Waals surface area contributed by atoms with Crippen molar-refractivity contribution in [2.24, 2.45) is 0 Å². The molecule has 0 aliphatic rings. The van der Waals surface area contributed by atoms with Gasteiger partial charge >= 0.3 is 5.97 Å². The van der Waals surface area contributed by atoms with E-state index in [4.69, 9.17) is 4.98 Å². The number of hydrogen-bond donors (Lipinski definition) is 2. The Kier molecular flexibility index (Phi) is 5.55. The second-order valence-electron chi connectivity index (χ2n) is 7.47. The molecule has 2 aromatic heterocycles. The average Bonchev–Trinajstić information content (AvgIpc) is 2.79. The summed E-state index contributed by atoms with van der Waals surface area (Å²) in [7, 11) is 1.24. The van der Waals surface area contributed by atoms with E-state index in [0.717, 1.165) is 16.7 Å². The van der Waals surface area contributed by atoms with E-state index >= 15 is 0 Å². The highest BCUT2D eigenvalue weighted by molar-refractivity contribution is 6.13. The Morgan fingerprint density at radius 2 is 1.81 bits per heavy atom. The molecule has 0 bridgehead atoms. The summed E-state index contributed by atoms with van der Waals surface area (Å²) in [6, 6.07) is 16.4. The van der Waals surface area contributed by atoms with Crippen molar-refractivity contribution < 1.29 is 14.3 Å². The van der Waals surface area contributed by atoms with E-state index in [9.17, 15) is 14.4 Å². The smallest absolute Gasteiger partial charge is 0.339 e. The molecular formula is C25H21N3O4. The van der Waals surface area contributed by atoms with Gasteiger partial charge in [0.15, 0.2) is 0 Å². The lowest BCUT2D eigenvalue weighted by Gasteiger charge is -2.12. The molecule has 0 fully saturated rings. The van der Waals surface area contributed by atoms with E-state index in [1.807, 2.05) is 44.2 Å². The summed E-state index contributed by atoms with van der Waals surface area (Å²) in [5.41, 5.74) is 4.32. The molecule has 32 heavy (non-hydrogen) atoms. The molecule has 0 atom stereocenters. The van der Waals surface area contributed by atoms with Gasteiger partial charge in [-0.2, -0.15) is 0 Å². The van der Waals surface area contributed by atoms with Crippen LogP contribution in [0.3, 0.4) is 0 Å². The molecule has 0 aliphatic heterocycles.